The lowest BCUT2D eigenvalue weighted by Crippen LogP contribution is -2.28. The molecule has 1 amide bonds. The molecule has 162 valence electrons. The fraction of sp³-hybridized carbons (Fsp3) is 0.400. The quantitative estimate of drug-likeness (QED) is 0.720. The van der Waals surface area contributed by atoms with Gasteiger partial charge in [-0.15, -0.1) is 0 Å². The van der Waals surface area contributed by atoms with Gasteiger partial charge in [-0.3, -0.25) is 9.48 Å². The number of anilines is 1. The Morgan fingerprint density at radius 3 is 2.45 bits per heavy atom. The highest BCUT2D eigenvalue weighted by atomic mass is 19.4. The van der Waals surface area contributed by atoms with Crippen LogP contribution in [0.4, 0.5) is 27.8 Å². The maximum atomic E-state index is 13.8. The lowest BCUT2D eigenvalue weighted by Gasteiger charge is -2.23. The number of amides is 1. The molecule has 0 bridgehead atoms. The molecule has 2 aromatic rings. The molecule has 3 rings (SSSR count). The highest BCUT2D eigenvalue weighted by molar-refractivity contribution is 5.95. The molecular formula is C20H16F5N5O. The molecule has 31 heavy (non-hydrogen) atoms. The molecule has 6 nitrogen and oxygen atoms in total. The average Bonchev–Trinajstić information content (AvgIpc) is 3.23. The summed E-state index contributed by atoms with van der Waals surface area (Å²) >= 11 is 0. The van der Waals surface area contributed by atoms with Gasteiger partial charge in [-0.1, -0.05) is 6.07 Å². The van der Waals surface area contributed by atoms with Crippen LogP contribution in [0.2, 0.25) is 0 Å². The van der Waals surface area contributed by atoms with Crippen LogP contribution in [0.5, 0.6) is 0 Å². The number of alkyl halides is 5. The summed E-state index contributed by atoms with van der Waals surface area (Å²) in [5.74, 6) is -6.13. The molecule has 0 spiro atoms. The number of aromatic nitrogens is 2. The number of nitrogens with one attached hydrogen (secondary N) is 1. The summed E-state index contributed by atoms with van der Waals surface area (Å²) in [6.45, 7) is 0. The lowest BCUT2D eigenvalue weighted by molar-refractivity contribution is -0.143. The molecule has 1 aliphatic rings. The number of rotatable bonds is 4. The molecule has 0 saturated heterocycles. The molecule has 1 heterocycles. The Morgan fingerprint density at radius 2 is 1.94 bits per heavy atom. The second-order valence-electron chi connectivity index (χ2n) is 7.39. The van der Waals surface area contributed by atoms with Gasteiger partial charge in [0, 0.05) is 26.0 Å². The van der Waals surface area contributed by atoms with Crippen molar-refractivity contribution in [2.45, 2.75) is 37.3 Å². The van der Waals surface area contributed by atoms with Gasteiger partial charge in [0.15, 0.2) is 5.82 Å². The van der Waals surface area contributed by atoms with Gasteiger partial charge in [0.25, 0.3) is 0 Å². The number of nitriles is 2. The number of carbonyl (C=O) groups is 1. The van der Waals surface area contributed by atoms with E-state index in [1.165, 1.54) is 18.2 Å². The van der Waals surface area contributed by atoms with Crippen molar-refractivity contribution in [1.82, 2.24) is 9.78 Å². The lowest BCUT2D eigenvalue weighted by atomic mass is 9.83. The third-order valence-corrected chi connectivity index (χ3v) is 5.26. The molecule has 0 radical (unpaired) electrons. The molecule has 1 aromatic carbocycles. The zero-order valence-corrected chi connectivity index (χ0v) is 16.2. The van der Waals surface area contributed by atoms with Crippen LogP contribution in [0.1, 0.15) is 47.6 Å². The van der Waals surface area contributed by atoms with E-state index in [9.17, 15) is 32.0 Å². The molecule has 1 fully saturated rings. The van der Waals surface area contributed by atoms with Crippen molar-refractivity contribution in [3.8, 4) is 12.1 Å². The highest BCUT2D eigenvalue weighted by Gasteiger charge is 2.45. The van der Waals surface area contributed by atoms with Crippen molar-refractivity contribution in [1.29, 1.82) is 10.5 Å². The SMILES string of the molecule is Cn1nc(NC(=O)[C@@H](c2ccc(C#N)c(C#N)c2)[C@H]2CCC(F)(F)C2)cc1C(F)(F)F. The largest absolute Gasteiger partial charge is 0.433 e. The second-order valence-corrected chi connectivity index (χ2v) is 7.39. The smallest absolute Gasteiger partial charge is 0.309 e. The van der Waals surface area contributed by atoms with E-state index in [-0.39, 0.29) is 28.9 Å². The van der Waals surface area contributed by atoms with Crippen LogP contribution in [-0.2, 0) is 18.0 Å². The van der Waals surface area contributed by atoms with Gasteiger partial charge in [-0.25, -0.2) is 8.78 Å². The summed E-state index contributed by atoms with van der Waals surface area (Å²) in [6, 6.07) is 8.27. The summed E-state index contributed by atoms with van der Waals surface area (Å²) in [7, 11) is 1.06. The van der Waals surface area contributed by atoms with Gasteiger partial charge in [-0.2, -0.15) is 28.8 Å². The number of hydrogen-bond donors (Lipinski definition) is 1. The molecule has 1 N–H and O–H groups in total. The minimum Gasteiger partial charge on any atom is -0.309 e. The second kappa shape index (κ2) is 7.99. The first-order valence-corrected chi connectivity index (χ1v) is 9.19. The fourth-order valence-electron chi connectivity index (χ4n) is 3.85. The van der Waals surface area contributed by atoms with E-state index < -0.39 is 48.4 Å². The number of benzene rings is 1. The summed E-state index contributed by atoms with van der Waals surface area (Å²) in [5.41, 5.74) is -0.832. The van der Waals surface area contributed by atoms with E-state index in [2.05, 4.69) is 10.4 Å². The molecule has 1 aliphatic carbocycles. The van der Waals surface area contributed by atoms with E-state index in [4.69, 9.17) is 5.26 Å². The van der Waals surface area contributed by atoms with Crippen LogP contribution in [0.15, 0.2) is 24.3 Å². The maximum absolute atomic E-state index is 13.8. The molecular weight excluding hydrogens is 421 g/mol. The fourth-order valence-corrected chi connectivity index (χ4v) is 3.85. The maximum Gasteiger partial charge on any atom is 0.433 e. The van der Waals surface area contributed by atoms with E-state index in [1.54, 1.807) is 0 Å². The van der Waals surface area contributed by atoms with Gasteiger partial charge >= 0.3 is 6.18 Å². The minimum absolute atomic E-state index is 0.0169. The van der Waals surface area contributed by atoms with Gasteiger partial charge < -0.3 is 5.32 Å². The van der Waals surface area contributed by atoms with Crippen LogP contribution in [0.3, 0.4) is 0 Å². The molecule has 1 aromatic heterocycles. The third-order valence-electron chi connectivity index (χ3n) is 5.26. The Bertz CT molecular complexity index is 1090. The number of aryl methyl sites for hydroxylation is 1. The first-order chi connectivity index (χ1) is 14.4. The minimum atomic E-state index is -4.69. The van der Waals surface area contributed by atoms with Gasteiger partial charge in [-0.05, 0) is 30.0 Å². The van der Waals surface area contributed by atoms with Crippen molar-refractivity contribution in [3.63, 3.8) is 0 Å². The highest BCUT2D eigenvalue weighted by Crippen LogP contribution is 2.46. The van der Waals surface area contributed by atoms with Crippen molar-refractivity contribution < 1.29 is 26.7 Å². The zero-order valence-electron chi connectivity index (χ0n) is 16.2. The van der Waals surface area contributed by atoms with Crippen molar-refractivity contribution in [3.05, 3.63) is 46.6 Å². The Morgan fingerprint density at radius 1 is 1.26 bits per heavy atom. The summed E-state index contributed by atoms with van der Waals surface area (Å²) < 4.78 is 67.2. The van der Waals surface area contributed by atoms with Crippen LogP contribution < -0.4 is 5.32 Å². The summed E-state index contributed by atoms with van der Waals surface area (Å²) in [4.78, 5) is 13.0. The number of hydrogen-bond acceptors (Lipinski definition) is 4. The number of halogens is 5. The first-order valence-electron chi connectivity index (χ1n) is 9.19. The zero-order chi connectivity index (χ0) is 23.0. The van der Waals surface area contributed by atoms with Crippen LogP contribution in [-0.4, -0.2) is 21.6 Å². The van der Waals surface area contributed by atoms with E-state index >= 15 is 0 Å². The molecule has 0 unspecified atom stereocenters. The van der Waals surface area contributed by atoms with Crippen LogP contribution >= 0.6 is 0 Å². The molecule has 1 saturated carbocycles. The van der Waals surface area contributed by atoms with Gasteiger partial charge in [0.05, 0.1) is 17.0 Å². The number of carbonyl (C=O) groups excluding carboxylic acids is 1. The molecule has 11 heteroatoms. The first kappa shape index (κ1) is 22.2. The van der Waals surface area contributed by atoms with Crippen molar-refractivity contribution >= 4 is 11.7 Å². The van der Waals surface area contributed by atoms with E-state index in [0.29, 0.717) is 10.7 Å². The molecule has 0 aliphatic heterocycles. The van der Waals surface area contributed by atoms with E-state index in [0.717, 1.165) is 7.05 Å². The number of nitrogens with zero attached hydrogens (tertiary/aromatic N) is 4. The summed E-state index contributed by atoms with van der Waals surface area (Å²) in [6.07, 6.45) is -5.68. The predicted octanol–water partition coefficient (Wildman–Crippen LogP) is 4.34. The monoisotopic (exact) mass is 437 g/mol. The van der Waals surface area contributed by atoms with Crippen molar-refractivity contribution in [2.24, 2.45) is 13.0 Å². The van der Waals surface area contributed by atoms with Crippen LogP contribution in [0, 0.1) is 28.6 Å². The molecule has 2 atom stereocenters. The Labute approximate surface area is 173 Å². The third kappa shape index (κ3) is 4.66. The normalized spacial score (nSPS) is 18.8. The van der Waals surface area contributed by atoms with Gasteiger partial charge in [0.1, 0.15) is 17.8 Å². The topological polar surface area (TPSA) is 94.5 Å². The average molecular weight is 437 g/mol. The summed E-state index contributed by atoms with van der Waals surface area (Å²) in [5, 5.41) is 24.2. The Hall–Kier alpha value is -3.47. The Balaban J connectivity index is 1.97. The van der Waals surface area contributed by atoms with Crippen molar-refractivity contribution in [2.75, 3.05) is 5.32 Å². The van der Waals surface area contributed by atoms with Gasteiger partial charge in [0.2, 0.25) is 11.8 Å². The standard InChI is InChI=1S/C20H16F5N5O/c1-30-15(20(23,24)25)7-16(29-30)28-18(31)17(12-4-5-19(21,22)8-12)11-2-3-13(9-26)14(6-11)10-27/h2-3,6-7,12,17H,4-5,8H2,1H3,(H,28,29,31)/t12-,17-/m0/s1. The predicted molar refractivity (Wildman–Crippen MR) is 97.7 cm³/mol. The van der Waals surface area contributed by atoms with Crippen LogP contribution in [0.25, 0.3) is 0 Å². The van der Waals surface area contributed by atoms with E-state index in [1.807, 2.05) is 12.1 Å². The Kier molecular flexibility index (Phi) is 5.72.